The van der Waals surface area contributed by atoms with Gasteiger partial charge in [0.05, 0.1) is 6.54 Å². The van der Waals surface area contributed by atoms with Crippen molar-refractivity contribution in [3.05, 3.63) is 23.3 Å². The molecule has 0 aromatic rings. The van der Waals surface area contributed by atoms with Crippen molar-refractivity contribution in [1.82, 2.24) is 4.90 Å². The molecule has 0 aromatic heterocycles. The third-order valence-electron chi connectivity index (χ3n) is 8.66. The van der Waals surface area contributed by atoms with Crippen molar-refractivity contribution >= 4 is 23.0 Å². The summed E-state index contributed by atoms with van der Waals surface area (Å²) in [6.07, 6.45) is 33.3. The number of ether oxygens (including phenoxy) is 1. The molecular formula is C38H74BrNO2. The Morgan fingerprint density at radius 1 is 0.643 bits per heavy atom. The zero-order chi connectivity index (χ0) is 30.6. The molecule has 0 bridgehead atoms. The zero-order valence-corrected chi connectivity index (χ0v) is 31.2. The first-order valence-electron chi connectivity index (χ1n) is 18.0. The molecule has 0 heterocycles. The topological polar surface area (TPSA) is 29.5 Å². The highest BCUT2D eigenvalue weighted by atomic mass is 79.9. The predicted molar refractivity (Wildman–Crippen MR) is 193 cm³/mol. The molecule has 0 rings (SSSR count). The van der Waals surface area contributed by atoms with Gasteiger partial charge in [-0.2, -0.15) is 0 Å². The Morgan fingerprint density at radius 2 is 1.05 bits per heavy atom. The van der Waals surface area contributed by atoms with Crippen LogP contribution in [0.3, 0.4) is 0 Å². The van der Waals surface area contributed by atoms with Crippen LogP contribution in [0.1, 0.15) is 190 Å². The van der Waals surface area contributed by atoms with Crippen LogP contribution in [0.4, 0.5) is 0 Å². The molecule has 0 saturated carbocycles. The maximum Gasteiger partial charge on any atom is 0.320 e. The molecule has 0 aliphatic carbocycles. The van der Waals surface area contributed by atoms with E-state index in [-0.39, 0.29) is 23.0 Å². The minimum absolute atomic E-state index is 0. The number of rotatable bonds is 29. The van der Waals surface area contributed by atoms with E-state index in [9.17, 15) is 4.79 Å². The number of allylic oxidation sites excluding steroid dienone is 3. The lowest BCUT2D eigenvalue weighted by Crippen LogP contribution is -2.44. The number of hydrogen-bond donors (Lipinski definition) is 0. The van der Waals surface area contributed by atoms with Crippen molar-refractivity contribution in [3.63, 3.8) is 0 Å². The van der Waals surface area contributed by atoms with Crippen molar-refractivity contribution in [2.75, 3.05) is 13.2 Å². The van der Waals surface area contributed by atoms with E-state index in [1.165, 1.54) is 140 Å². The van der Waals surface area contributed by atoms with Gasteiger partial charge in [0.25, 0.3) is 0 Å². The summed E-state index contributed by atoms with van der Waals surface area (Å²) in [7, 11) is 0. The molecule has 0 aromatic carbocycles. The Balaban J connectivity index is 0. The molecule has 0 aliphatic rings. The van der Waals surface area contributed by atoms with Crippen LogP contribution in [0.2, 0.25) is 0 Å². The number of esters is 1. The summed E-state index contributed by atoms with van der Waals surface area (Å²) in [5.74, 6) is -0.0730. The monoisotopic (exact) mass is 655 g/mol. The lowest BCUT2D eigenvalue weighted by Gasteiger charge is -2.34. The van der Waals surface area contributed by atoms with Crippen LogP contribution in [0.5, 0.6) is 0 Å². The summed E-state index contributed by atoms with van der Waals surface area (Å²) in [5.41, 5.74) is 2.65. The second-order valence-electron chi connectivity index (χ2n) is 13.2. The van der Waals surface area contributed by atoms with Gasteiger partial charge in [-0.25, -0.2) is 0 Å². The minimum atomic E-state index is -0.0730. The predicted octanol–water partition coefficient (Wildman–Crippen LogP) is 12.7. The lowest BCUT2D eigenvalue weighted by molar-refractivity contribution is -0.145. The number of halogens is 1. The normalized spacial score (nSPS) is 13.1. The van der Waals surface area contributed by atoms with E-state index in [1.807, 2.05) is 0 Å². The number of carbonyl (C=O) groups excluding carboxylic acids is 1. The van der Waals surface area contributed by atoms with Crippen LogP contribution in [-0.4, -0.2) is 36.1 Å². The van der Waals surface area contributed by atoms with E-state index in [0.29, 0.717) is 25.2 Å². The second kappa shape index (κ2) is 31.8. The van der Waals surface area contributed by atoms with Crippen LogP contribution in [0.15, 0.2) is 23.3 Å². The van der Waals surface area contributed by atoms with Gasteiger partial charge in [0, 0.05) is 12.1 Å². The van der Waals surface area contributed by atoms with Gasteiger partial charge in [0.1, 0.15) is 6.61 Å². The average molecular weight is 657 g/mol. The Labute approximate surface area is 274 Å². The van der Waals surface area contributed by atoms with Gasteiger partial charge in [-0.15, -0.1) is 17.0 Å². The van der Waals surface area contributed by atoms with Crippen LogP contribution in [0, 0.1) is 0 Å². The highest BCUT2D eigenvalue weighted by molar-refractivity contribution is 8.93. The second-order valence-corrected chi connectivity index (χ2v) is 13.2. The van der Waals surface area contributed by atoms with E-state index >= 15 is 0 Å². The maximum absolute atomic E-state index is 12.9. The van der Waals surface area contributed by atoms with Gasteiger partial charge in [0.15, 0.2) is 0 Å². The summed E-state index contributed by atoms with van der Waals surface area (Å²) in [6, 6.07) is 0.837. The van der Waals surface area contributed by atoms with Crippen molar-refractivity contribution in [2.45, 2.75) is 202 Å². The fourth-order valence-corrected chi connectivity index (χ4v) is 5.74. The molecule has 0 aliphatic heterocycles. The number of carbonyl (C=O) groups is 1. The number of hydrogen-bond acceptors (Lipinski definition) is 3. The number of nitrogens with zero attached hydrogens (tertiary/aromatic N) is 1. The quantitative estimate of drug-likeness (QED) is 0.0456. The summed E-state index contributed by atoms with van der Waals surface area (Å²) >= 11 is 0. The van der Waals surface area contributed by atoms with E-state index in [2.05, 4.69) is 65.5 Å². The highest BCUT2D eigenvalue weighted by Gasteiger charge is 2.23. The van der Waals surface area contributed by atoms with Crippen molar-refractivity contribution in [3.8, 4) is 0 Å². The zero-order valence-electron chi connectivity index (χ0n) is 29.5. The smallest absolute Gasteiger partial charge is 0.320 e. The van der Waals surface area contributed by atoms with Crippen LogP contribution >= 0.6 is 17.0 Å². The van der Waals surface area contributed by atoms with Gasteiger partial charge in [-0.1, -0.05) is 147 Å². The van der Waals surface area contributed by atoms with Crippen molar-refractivity contribution in [2.24, 2.45) is 0 Å². The molecule has 0 fully saturated rings. The third kappa shape index (κ3) is 28.2. The Bertz CT molecular complexity index is 627. The summed E-state index contributed by atoms with van der Waals surface area (Å²) in [6.45, 7) is 16.5. The lowest BCUT2D eigenvalue weighted by atomic mass is 10.0. The summed E-state index contributed by atoms with van der Waals surface area (Å²) in [5, 5.41) is 0. The van der Waals surface area contributed by atoms with Crippen molar-refractivity contribution < 1.29 is 9.53 Å². The van der Waals surface area contributed by atoms with Crippen LogP contribution in [-0.2, 0) is 9.53 Å². The van der Waals surface area contributed by atoms with Gasteiger partial charge in [-0.05, 0) is 66.4 Å². The largest absolute Gasteiger partial charge is 0.460 e. The van der Waals surface area contributed by atoms with Crippen molar-refractivity contribution in [1.29, 1.82) is 0 Å². The van der Waals surface area contributed by atoms with E-state index in [1.54, 1.807) is 0 Å². The molecule has 0 N–H and O–H groups in total. The molecule has 250 valence electrons. The maximum atomic E-state index is 12.9. The first-order valence-corrected chi connectivity index (χ1v) is 18.0. The molecular weight excluding hydrogens is 582 g/mol. The summed E-state index contributed by atoms with van der Waals surface area (Å²) in [4.78, 5) is 15.3. The van der Waals surface area contributed by atoms with Crippen LogP contribution in [0.25, 0.3) is 0 Å². The molecule has 0 radical (unpaired) electrons. The van der Waals surface area contributed by atoms with E-state index in [0.717, 1.165) is 12.8 Å². The minimum Gasteiger partial charge on any atom is -0.460 e. The molecule has 0 spiro atoms. The molecule has 0 saturated heterocycles. The van der Waals surface area contributed by atoms with E-state index < -0.39 is 0 Å². The fraction of sp³-hybridized carbons (Fsp3) is 0.868. The Morgan fingerprint density at radius 3 is 1.45 bits per heavy atom. The fourth-order valence-electron chi connectivity index (χ4n) is 5.74. The average Bonchev–Trinajstić information content (AvgIpc) is 2.93. The van der Waals surface area contributed by atoms with Gasteiger partial charge in [-0.3, -0.25) is 9.69 Å². The van der Waals surface area contributed by atoms with Gasteiger partial charge >= 0.3 is 5.97 Å². The van der Waals surface area contributed by atoms with Gasteiger partial charge < -0.3 is 4.74 Å². The van der Waals surface area contributed by atoms with E-state index in [4.69, 9.17) is 4.74 Å². The molecule has 42 heavy (non-hydrogen) atoms. The molecule has 4 heteroatoms. The third-order valence-corrected chi connectivity index (χ3v) is 8.66. The summed E-state index contributed by atoms with van der Waals surface area (Å²) < 4.78 is 5.69. The SMILES string of the molecule is Br.CCCCCCCCCCCC(C)N(CC(=O)OC/C=C(\C)CCC=C(C)C)C(C)CCCCCCCCCCC. The first-order chi connectivity index (χ1) is 19.8. The molecule has 3 nitrogen and oxygen atoms in total. The first kappa shape index (κ1) is 43.5. The molecule has 2 unspecified atom stereocenters. The standard InChI is InChI=1S/C38H73NO2.BrH/c1-8-10-12-14-16-18-20-22-24-29-36(6)39(37(7)30-25-23-21-19-17-15-13-11-9-2)33-38(40)41-32-31-35(5)28-26-27-34(3)4;/h27,31,36-37H,8-26,28-30,32-33H2,1-7H3;1H/b35-31+;. The molecule has 2 atom stereocenters. The Hall–Kier alpha value is -0.610. The van der Waals surface area contributed by atoms with Crippen LogP contribution < -0.4 is 0 Å². The Kier molecular flexibility index (Phi) is 33.0. The van der Waals surface area contributed by atoms with Gasteiger partial charge in [0.2, 0.25) is 0 Å². The number of unbranched alkanes of at least 4 members (excludes halogenated alkanes) is 16. The highest BCUT2D eigenvalue weighted by Crippen LogP contribution is 2.19. The molecule has 0 amide bonds.